The van der Waals surface area contributed by atoms with E-state index < -0.39 is 17.5 Å². The molecule has 0 bridgehead atoms. The summed E-state index contributed by atoms with van der Waals surface area (Å²) in [6.45, 7) is 5.65. The van der Waals surface area contributed by atoms with Crippen molar-refractivity contribution in [3.63, 3.8) is 0 Å². The molecule has 1 saturated carbocycles. The van der Waals surface area contributed by atoms with E-state index in [0.717, 1.165) is 42.8 Å². The van der Waals surface area contributed by atoms with Crippen molar-refractivity contribution in [2.24, 2.45) is 5.41 Å². The van der Waals surface area contributed by atoms with Crippen LogP contribution in [-0.2, 0) is 14.3 Å². The zero-order chi connectivity index (χ0) is 28.5. The first-order chi connectivity index (χ1) is 19.3. The van der Waals surface area contributed by atoms with Gasteiger partial charge in [0.1, 0.15) is 11.6 Å². The van der Waals surface area contributed by atoms with Gasteiger partial charge in [-0.2, -0.15) is 5.26 Å². The monoisotopic (exact) mass is 570 g/mol. The summed E-state index contributed by atoms with van der Waals surface area (Å²) in [7, 11) is 0. The molecule has 0 unspecified atom stereocenters. The van der Waals surface area contributed by atoms with Crippen LogP contribution >= 0.6 is 11.6 Å². The van der Waals surface area contributed by atoms with Crippen LogP contribution < -0.4 is 16.0 Å². The maximum Gasteiger partial charge on any atom is 0.332 e. The number of pyridine rings is 2. The molecule has 4 rings (SSSR count). The average molecular weight is 571 g/mol. The van der Waals surface area contributed by atoms with E-state index in [1.165, 1.54) is 0 Å². The number of nitriles is 1. The highest BCUT2D eigenvalue weighted by molar-refractivity contribution is 6.33. The van der Waals surface area contributed by atoms with Gasteiger partial charge in [-0.25, -0.2) is 14.8 Å². The number of rotatable bonds is 12. The van der Waals surface area contributed by atoms with E-state index in [9.17, 15) is 10.1 Å². The first kappa shape index (κ1) is 30.0. The Balaban J connectivity index is 1.31. The van der Waals surface area contributed by atoms with Crippen LogP contribution in [0.15, 0.2) is 30.5 Å². The molecular weight excluding hydrogens is 532 g/mol. The van der Waals surface area contributed by atoms with Crippen LogP contribution in [-0.4, -0.2) is 71.6 Å². The van der Waals surface area contributed by atoms with Crippen molar-refractivity contribution in [1.82, 2.24) is 15.3 Å². The van der Waals surface area contributed by atoms with E-state index in [4.69, 9.17) is 31.2 Å². The van der Waals surface area contributed by atoms with Crippen molar-refractivity contribution in [2.45, 2.75) is 76.6 Å². The van der Waals surface area contributed by atoms with Gasteiger partial charge in [0.15, 0.2) is 6.10 Å². The lowest BCUT2D eigenvalue weighted by molar-refractivity contribution is -0.149. The maximum atomic E-state index is 10.9. The number of anilines is 2. The van der Waals surface area contributed by atoms with Gasteiger partial charge < -0.3 is 30.5 Å². The van der Waals surface area contributed by atoms with Gasteiger partial charge in [0.2, 0.25) is 0 Å². The molecule has 2 aromatic rings. The molecule has 0 radical (unpaired) electrons. The number of carboxylic acids is 1. The molecule has 0 aromatic carbocycles. The number of aliphatic carboxylic acids is 1. The second kappa shape index (κ2) is 14.1. The zero-order valence-corrected chi connectivity index (χ0v) is 23.9. The molecule has 2 atom stereocenters. The molecular formula is C29H39ClN6O4. The van der Waals surface area contributed by atoms with Crippen molar-refractivity contribution in [2.75, 3.05) is 37.0 Å². The van der Waals surface area contributed by atoms with E-state index in [0.29, 0.717) is 62.1 Å². The fourth-order valence-electron chi connectivity index (χ4n) is 5.17. The number of aromatic nitrogens is 2. The lowest BCUT2D eigenvalue weighted by Crippen LogP contribution is -2.43. The minimum absolute atomic E-state index is 0.0803. The van der Waals surface area contributed by atoms with Crippen LogP contribution in [0.5, 0.6) is 0 Å². The molecule has 40 heavy (non-hydrogen) atoms. The third-order valence-electron chi connectivity index (χ3n) is 7.72. The summed E-state index contributed by atoms with van der Waals surface area (Å²) >= 11 is 6.54. The minimum Gasteiger partial charge on any atom is -0.479 e. The van der Waals surface area contributed by atoms with E-state index in [-0.39, 0.29) is 6.04 Å². The average Bonchev–Trinajstić information content (AvgIpc) is 2.97. The lowest BCUT2D eigenvalue weighted by Gasteiger charge is -2.32. The number of nitrogens with zero attached hydrogens (tertiary/aromatic N) is 3. The largest absolute Gasteiger partial charge is 0.479 e. The maximum absolute atomic E-state index is 10.9. The van der Waals surface area contributed by atoms with Gasteiger partial charge in [-0.1, -0.05) is 17.7 Å². The third kappa shape index (κ3) is 8.27. The van der Waals surface area contributed by atoms with E-state index in [1.807, 2.05) is 31.2 Å². The van der Waals surface area contributed by atoms with Gasteiger partial charge in [-0.05, 0) is 70.6 Å². The molecule has 11 heteroatoms. The fraction of sp³-hybridized carbons (Fsp3) is 0.586. The highest BCUT2D eigenvalue weighted by Crippen LogP contribution is 2.32. The number of hydrogen-bond donors (Lipinski definition) is 4. The summed E-state index contributed by atoms with van der Waals surface area (Å²) in [5.41, 5.74) is 1.09. The van der Waals surface area contributed by atoms with Crippen molar-refractivity contribution in [3.8, 4) is 17.3 Å². The number of carbonyl (C=O) groups is 1. The van der Waals surface area contributed by atoms with Crippen LogP contribution in [0, 0.1) is 16.7 Å². The van der Waals surface area contributed by atoms with E-state index in [2.05, 4.69) is 27.0 Å². The smallest absolute Gasteiger partial charge is 0.332 e. The molecule has 2 fully saturated rings. The van der Waals surface area contributed by atoms with Crippen LogP contribution in [0.25, 0.3) is 11.3 Å². The second-order valence-corrected chi connectivity index (χ2v) is 11.3. The highest BCUT2D eigenvalue weighted by atomic mass is 35.5. The van der Waals surface area contributed by atoms with Crippen LogP contribution in [0.2, 0.25) is 5.02 Å². The molecule has 10 nitrogen and oxygen atoms in total. The zero-order valence-electron chi connectivity index (χ0n) is 23.2. The summed E-state index contributed by atoms with van der Waals surface area (Å²) in [4.78, 5) is 20.2. The molecule has 1 saturated heterocycles. The lowest BCUT2D eigenvalue weighted by atomic mass is 9.82. The normalized spacial score (nSPS) is 22.1. The van der Waals surface area contributed by atoms with Gasteiger partial charge >= 0.3 is 5.97 Å². The predicted molar refractivity (Wildman–Crippen MR) is 154 cm³/mol. The van der Waals surface area contributed by atoms with E-state index >= 15 is 0 Å². The predicted octanol–water partition coefficient (Wildman–Crippen LogP) is 4.72. The van der Waals surface area contributed by atoms with Gasteiger partial charge in [0, 0.05) is 49.6 Å². The molecule has 0 spiro atoms. The fourth-order valence-corrected chi connectivity index (χ4v) is 5.37. The Morgan fingerprint density at radius 3 is 2.65 bits per heavy atom. The molecule has 2 aliphatic rings. The number of carboxylic acid groups (broad SMARTS) is 1. The number of hydrogen-bond acceptors (Lipinski definition) is 9. The number of nitrogens with one attached hydrogen (secondary N) is 3. The van der Waals surface area contributed by atoms with E-state index in [1.54, 1.807) is 13.1 Å². The van der Waals surface area contributed by atoms with Crippen LogP contribution in [0.1, 0.15) is 52.4 Å². The quantitative estimate of drug-likeness (QED) is 0.283. The summed E-state index contributed by atoms with van der Waals surface area (Å²) in [6, 6.07) is 10.9. The Kier molecular flexibility index (Phi) is 10.6. The Morgan fingerprint density at radius 2 is 1.95 bits per heavy atom. The Morgan fingerprint density at radius 1 is 1.23 bits per heavy atom. The molecule has 3 heterocycles. The van der Waals surface area contributed by atoms with Gasteiger partial charge in [-0.3, -0.25) is 0 Å². The van der Waals surface area contributed by atoms with Gasteiger partial charge in [0.25, 0.3) is 0 Å². The van der Waals surface area contributed by atoms with Crippen LogP contribution in [0.4, 0.5) is 11.6 Å². The third-order valence-corrected chi connectivity index (χ3v) is 8.02. The second-order valence-electron chi connectivity index (χ2n) is 10.9. The molecule has 216 valence electrons. The van der Waals surface area contributed by atoms with Gasteiger partial charge in [0.05, 0.1) is 28.8 Å². The van der Waals surface area contributed by atoms with Crippen LogP contribution in [0.3, 0.4) is 0 Å². The molecule has 2 aromatic heterocycles. The number of ether oxygens (including phenoxy) is 2. The minimum atomic E-state index is -0.947. The van der Waals surface area contributed by atoms with Gasteiger partial charge in [-0.15, -0.1) is 0 Å². The molecule has 1 aliphatic carbocycles. The Hall–Kier alpha value is -2.97. The van der Waals surface area contributed by atoms with Crippen molar-refractivity contribution in [1.29, 1.82) is 5.26 Å². The first-order valence-corrected chi connectivity index (χ1v) is 14.4. The number of halogens is 1. The standard InChI is InChI=1S/C29H39ClN6O4/c1-19(16-40-20(2)28(37)38)34-21-6-8-22(9-7-21)35-27-14-23(24(30)15-32-27)25-4-3-5-26(36-25)33-18-29(17-31)10-12-39-13-11-29/h3-5,14-15,19-22,34H,6-13,16,18H2,1-2H3,(H,32,35)(H,33,36)(H,37,38)/t19-,20-,21-,22-/m1/s1. The van der Waals surface area contributed by atoms with Crippen molar-refractivity contribution >= 4 is 29.2 Å². The molecule has 1 aliphatic heterocycles. The summed E-state index contributed by atoms with van der Waals surface area (Å²) < 4.78 is 10.8. The summed E-state index contributed by atoms with van der Waals surface area (Å²) in [6.07, 6.45) is 6.24. The summed E-state index contributed by atoms with van der Waals surface area (Å²) in [5.74, 6) is 0.506. The Bertz CT molecular complexity index is 1180. The summed E-state index contributed by atoms with van der Waals surface area (Å²) in [5, 5.41) is 29.7. The topological polar surface area (TPSA) is 141 Å². The SMILES string of the molecule is C[C@H](CO[C@H](C)C(=O)O)N[C@H]1CC[C@H](Nc2cc(-c3cccc(NCC4(C#N)CCOCC4)n3)c(Cl)cn2)CC1. The highest BCUT2D eigenvalue weighted by Gasteiger charge is 2.32. The molecule has 4 N–H and O–H groups in total. The molecule has 0 amide bonds. The van der Waals surface area contributed by atoms with Crippen molar-refractivity contribution in [3.05, 3.63) is 35.5 Å². The Labute approximate surface area is 240 Å². The van der Waals surface area contributed by atoms with Crippen molar-refractivity contribution < 1.29 is 19.4 Å². The first-order valence-electron chi connectivity index (χ1n) is 14.0.